The lowest BCUT2D eigenvalue weighted by molar-refractivity contribution is -0.125. The molecule has 3 heteroatoms. The van der Waals surface area contributed by atoms with Crippen LogP contribution < -0.4 is 0 Å². The van der Waals surface area contributed by atoms with Crippen LogP contribution in [0.5, 0.6) is 0 Å². The van der Waals surface area contributed by atoms with E-state index in [4.69, 9.17) is 11.6 Å². The Morgan fingerprint density at radius 3 is 3.00 bits per heavy atom. The minimum absolute atomic E-state index is 0.123. The number of carbonyl (C=O) groups is 1. The zero-order chi connectivity index (χ0) is 7.56. The number of piperidine rings is 1. The first-order valence-corrected chi connectivity index (χ1v) is 4.04. The number of likely N-dealkylation sites (tertiary alicyclic amines) is 1. The minimum atomic E-state index is 0.123. The maximum absolute atomic E-state index is 11.1. The molecule has 1 fully saturated rings. The summed E-state index contributed by atoms with van der Waals surface area (Å²) in [5, 5.41) is 0. The highest BCUT2D eigenvalue weighted by Gasteiger charge is 2.23. The highest BCUT2D eigenvalue weighted by atomic mass is 35.5. The van der Waals surface area contributed by atoms with Crippen molar-refractivity contribution in [3.63, 3.8) is 0 Å². The molecule has 0 bridgehead atoms. The summed E-state index contributed by atoms with van der Waals surface area (Å²) in [7, 11) is 1.96. The van der Waals surface area contributed by atoms with Crippen molar-refractivity contribution in [1.82, 2.24) is 4.90 Å². The van der Waals surface area contributed by atoms with Gasteiger partial charge in [0.05, 0.1) is 6.54 Å². The Kier molecular flexibility index (Phi) is 2.69. The lowest BCUT2D eigenvalue weighted by atomic mass is 9.98. The van der Waals surface area contributed by atoms with Gasteiger partial charge >= 0.3 is 0 Å². The third kappa shape index (κ3) is 1.70. The van der Waals surface area contributed by atoms with E-state index >= 15 is 0 Å². The fourth-order valence-corrected chi connectivity index (χ4v) is 1.50. The summed E-state index contributed by atoms with van der Waals surface area (Å²) in [5.74, 6) is 0.911. The zero-order valence-electron chi connectivity index (χ0n) is 6.14. The van der Waals surface area contributed by atoms with Crippen molar-refractivity contribution in [1.29, 1.82) is 0 Å². The molecule has 1 atom stereocenters. The van der Waals surface area contributed by atoms with Crippen LogP contribution in [0.15, 0.2) is 0 Å². The van der Waals surface area contributed by atoms with E-state index in [0.717, 1.165) is 13.0 Å². The first-order valence-electron chi connectivity index (χ1n) is 3.51. The third-order valence-electron chi connectivity index (χ3n) is 1.93. The molecule has 0 saturated carbocycles. The normalized spacial score (nSPS) is 29.0. The van der Waals surface area contributed by atoms with Crippen molar-refractivity contribution in [2.24, 2.45) is 5.92 Å². The Labute approximate surface area is 66.1 Å². The van der Waals surface area contributed by atoms with E-state index < -0.39 is 0 Å². The third-order valence-corrected chi connectivity index (χ3v) is 2.30. The van der Waals surface area contributed by atoms with Gasteiger partial charge in [-0.2, -0.15) is 0 Å². The van der Waals surface area contributed by atoms with E-state index in [0.29, 0.717) is 18.2 Å². The summed E-state index contributed by atoms with van der Waals surface area (Å²) in [6, 6.07) is 0. The number of carbonyl (C=O) groups excluding carboxylic acids is 1. The molecule has 0 aromatic heterocycles. The van der Waals surface area contributed by atoms with Crippen LogP contribution in [0.4, 0.5) is 0 Å². The molecule has 0 radical (unpaired) electrons. The fourth-order valence-electron chi connectivity index (χ4n) is 1.17. The molecule has 1 unspecified atom stereocenters. The molecule has 1 heterocycles. The second-order valence-corrected chi connectivity index (χ2v) is 3.15. The number of hydrogen-bond donors (Lipinski definition) is 0. The van der Waals surface area contributed by atoms with Gasteiger partial charge in [0, 0.05) is 11.8 Å². The van der Waals surface area contributed by atoms with Crippen LogP contribution in [-0.4, -0.2) is 36.7 Å². The van der Waals surface area contributed by atoms with Gasteiger partial charge < -0.3 is 0 Å². The Bertz CT molecular complexity index is 138. The summed E-state index contributed by atoms with van der Waals surface area (Å²) in [5.41, 5.74) is 0. The highest BCUT2D eigenvalue weighted by molar-refractivity contribution is 6.19. The molecule has 2 nitrogen and oxygen atoms in total. The molecule has 0 amide bonds. The molecule has 0 N–H and O–H groups in total. The van der Waals surface area contributed by atoms with Crippen LogP contribution in [-0.2, 0) is 4.79 Å². The summed E-state index contributed by atoms with van der Waals surface area (Å²) in [6.07, 6.45) is 0.929. The summed E-state index contributed by atoms with van der Waals surface area (Å²) in [6.45, 7) is 1.58. The summed E-state index contributed by atoms with van der Waals surface area (Å²) < 4.78 is 0. The molecule has 58 valence electrons. The number of alkyl halides is 1. The number of nitrogens with zero attached hydrogens (tertiary/aromatic N) is 1. The zero-order valence-corrected chi connectivity index (χ0v) is 6.90. The van der Waals surface area contributed by atoms with Crippen molar-refractivity contribution in [2.45, 2.75) is 6.42 Å². The number of ketones is 1. The van der Waals surface area contributed by atoms with Gasteiger partial charge in [0.2, 0.25) is 0 Å². The maximum Gasteiger partial charge on any atom is 0.151 e. The number of Topliss-reactive ketones (excluding diaryl/α,β-unsaturated/α-hetero) is 1. The lowest BCUT2D eigenvalue weighted by Crippen LogP contribution is -2.38. The van der Waals surface area contributed by atoms with Gasteiger partial charge in [-0.3, -0.25) is 9.69 Å². The van der Waals surface area contributed by atoms with E-state index in [-0.39, 0.29) is 5.92 Å². The van der Waals surface area contributed by atoms with Crippen molar-refractivity contribution in [3.8, 4) is 0 Å². The van der Waals surface area contributed by atoms with Gasteiger partial charge in [-0.15, -0.1) is 11.6 Å². The predicted molar refractivity (Wildman–Crippen MR) is 41.3 cm³/mol. The van der Waals surface area contributed by atoms with E-state index in [9.17, 15) is 4.79 Å². The van der Waals surface area contributed by atoms with Gasteiger partial charge in [0.15, 0.2) is 5.78 Å². The largest absolute Gasteiger partial charge is 0.299 e. The molecule has 1 aliphatic rings. The van der Waals surface area contributed by atoms with Gasteiger partial charge in [0.1, 0.15) is 0 Å². The van der Waals surface area contributed by atoms with Crippen molar-refractivity contribution in [3.05, 3.63) is 0 Å². The van der Waals surface area contributed by atoms with Crippen LogP contribution in [0.2, 0.25) is 0 Å². The maximum atomic E-state index is 11.1. The smallest absolute Gasteiger partial charge is 0.151 e. The number of halogens is 1. The lowest BCUT2D eigenvalue weighted by Gasteiger charge is -2.26. The van der Waals surface area contributed by atoms with E-state index in [2.05, 4.69) is 0 Å². The number of likely N-dealkylation sites (N-methyl/N-ethyl adjacent to an activating group) is 1. The molecule has 0 aromatic rings. The Hall–Kier alpha value is -0.0800. The molecule has 1 saturated heterocycles. The first-order chi connectivity index (χ1) is 4.74. The average molecular weight is 162 g/mol. The van der Waals surface area contributed by atoms with Gasteiger partial charge in [-0.1, -0.05) is 0 Å². The van der Waals surface area contributed by atoms with Crippen LogP contribution in [0.3, 0.4) is 0 Å². The monoisotopic (exact) mass is 161 g/mol. The molecule has 0 spiro atoms. The van der Waals surface area contributed by atoms with E-state index in [1.165, 1.54) is 0 Å². The number of hydrogen-bond acceptors (Lipinski definition) is 2. The van der Waals surface area contributed by atoms with E-state index in [1.807, 2.05) is 11.9 Å². The minimum Gasteiger partial charge on any atom is -0.299 e. The predicted octanol–water partition coefficient (Wildman–Crippen LogP) is 0.746. The van der Waals surface area contributed by atoms with Crippen LogP contribution in [0.25, 0.3) is 0 Å². The summed E-state index contributed by atoms with van der Waals surface area (Å²) in [4.78, 5) is 13.1. The SMILES string of the molecule is CN1CCC(CCl)C(=O)C1. The molecule has 1 rings (SSSR count). The Morgan fingerprint density at radius 1 is 1.80 bits per heavy atom. The molecule has 1 aliphatic heterocycles. The van der Waals surface area contributed by atoms with Crippen molar-refractivity contribution >= 4 is 17.4 Å². The van der Waals surface area contributed by atoms with Gasteiger partial charge in [-0.25, -0.2) is 0 Å². The highest BCUT2D eigenvalue weighted by Crippen LogP contribution is 2.13. The number of rotatable bonds is 1. The van der Waals surface area contributed by atoms with Gasteiger partial charge in [0.25, 0.3) is 0 Å². The first kappa shape index (κ1) is 8.02. The standard InChI is InChI=1S/C7H12ClNO/c1-9-3-2-6(4-8)7(10)5-9/h6H,2-5H2,1H3. The molecular weight excluding hydrogens is 150 g/mol. The molecule has 10 heavy (non-hydrogen) atoms. The second kappa shape index (κ2) is 3.35. The quantitative estimate of drug-likeness (QED) is 0.529. The van der Waals surface area contributed by atoms with Crippen LogP contribution in [0, 0.1) is 5.92 Å². The molecule has 0 aliphatic carbocycles. The van der Waals surface area contributed by atoms with Crippen molar-refractivity contribution < 1.29 is 4.79 Å². The van der Waals surface area contributed by atoms with Crippen LogP contribution in [0.1, 0.15) is 6.42 Å². The summed E-state index contributed by atoms with van der Waals surface area (Å²) >= 11 is 5.58. The van der Waals surface area contributed by atoms with E-state index in [1.54, 1.807) is 0 Å². The fraction of sp³-hybridized carbons (Fsp3) is 0.857. The van der Waals surface area contributed by atoms with Gasteiger partial charge in [-0.05, 0) is 20.0 Å². The molecular formula is C7H12ClNO. The second-order valence-electron chi connectivity index (χ2n) is 2.84. The van der Waals surface area contributed by atoms with Crippen molar-refractivity contribution in [2.75, 3.05) is 26.0 Å². The molecule has 0 aromatic carbocycles. The Morgan fingerprint density at radius 2 is 2.50 bits per heavy atom. The van der Waals surface area contributed by atoms with Crippen LogP contribution >= 0.6 is 11.6 Å². The Balaban J connectivity index is 2.43. The topological polar surface area (TPSA) is 20.3 Å². The average Bonchev–Trinajstić information content (AvgIpc) is 1.88.